The van der Waals surface area contributed by atoms with Gasteiger partial charge in [-0.3, -0.25) is 5.10 Å². The van der Waals surface area contributed by atoms with Crippen LogP contribution in [0.1, 0.15) is 11.1 Å². The third-order valence-corrected chi connectivity index (χ3v) is 4.71. The first-order chi connectivity index (χ1) is 14.2. The Morgan fingerprint density at radius 2 is 1.97 bits per heavy atom. The van der Waals surface area contributed by atoms with Crippen LogP contribution in [0, 0.1) is 5.82 Å². The lowest BCUT2D eigenvalue weighted by Gasteiger charge is -2.05. The second kappa shape index (κ2) is 8.70. The first-order valence-corrected chi connectivity index (χ1v) is 9.41. The van der Waals surface area contributed by atoms with Crippen LogP contribution in [-0.4, -0.2) is 33.6 Å². The number of nitrogens with zero attached hydrogens (tertiary/aromatic N) is 3. The number of halogens is 1. The Kier molecular flexibility index (Phi) is 5.67. The highest BCUT2D eigenvalue weighted by atomic mass is 19.1. The summed E-state index contributed by atoms with van der Waals surface area (Å²) in [4.78, 5) is 0. The predicted octanol–water partition coefficient (Wildman–Crippen LogP) is 3.74. The van der Waals surface area contributed by atoms with Gasteiger partial charge in [-0.25, -0.2) is 9.07 Å². The van der Waals surface area contributed by atoms with Crippen molar-refractivity contribution in [2.75, 3.05) is 13.7 Å². The molecular weight excluding hydrogens is 369 g/mol. The number of aromatic nitrogens is 4. The molecule has 0 atom stereocenters. The molecule has 2 N–H and O–H groups in total. The van der Waals surface area contributed by atoms with Gasteiger partial charge in [0.1, 0.15) is 17.3 Å². The summed E-state index contributed by atoms with van der Waals surface area (Å²) in [5.41, 5.74) is 4.33. The Labute approximate surface area is 168 Å². The average Bonchev–Trinajstić information content (AvgIpc) is 3.42. The molecule has 6 nitrogen and oxygen atoms in total. The van der Waals surface area contributed by atoms with E-state index in [2.05, 4.69) is 20.6 Å². The molecule has 0 saturated heterocycles. The fourth-order valence-electron chi connectivity index (χ4n) is 3.16. The SMILES string of the molecule is COc1ccc(-c2nn(-c3ccccc3F)cc2CNCCc2cn[nH]c2)cc1. The van der Waals surface area contributed by atoms with E-state index in [1.165, 1.54) is 6.07 Å². The van der Waals surface area contributed by atoms with E-state index in [0.29, 0.717) is 12.2 Å². The molecular formula is C22H22FN5O. The summed E-state index contributed by atoms with van der Waals surface area (Å²) >= 11 is 0. The number of ether oxygens (including phenoxy) is 1. The highest BCUT2D eigenvalue weighted by molar-refractivity contribution is 5.64. The molecule has 7 heteroatoms. The van der Waals surface area contributed by atoms with Crippen molar-refractivity contribution < 1.29 is 9.13 Å². The fraction of sp³-hybridized carbons (Fsp3) is 0.182. The average molecular weight is 391 g/mol. The van der Waals surface area contributed by atoms with E-state index in [0.717, 1.165) is 41.1 Å². The van der Waals surface area contributed by atoms with E-state index in [9.17, 15) is 4.39 Å². The van der Waals surface area contributed by atoms with Crippen LogP contribution in [0.2, 0.25) is 0 Å². The second-order valence-corrected chi connectivity index (χ2v) is 6.66. The Hall–Kier alpha value is -3.45. The molecule has 0 spiro atoms. The van der Waals surface area contributed by atoms with E-state index in [4.69, 9.17) is 4.74 Å². The van der Waals surface area contributed by atoms with Gasteiger partial charge in [0.15, 0.2) is 0 Å². The molecule has 2 aromatic heterocycles. The molecule has 4 rings (SSSR count). The third-order valence-electron chi connectivity index (χ3n) is 4.71. The molecule has 29 heavy (non-hydrogen) atoms. The van der Waals surface area contributed by atoms with Crippen molar-refractivity contribution in [2.45, 2.75) is 13.0 Å². The summed E-state index contributed by atoms with van der Waals surface area (Å²) in [5, 5.41) is 14.9. The van der Waals surface area contributed by atoms with Crippen molar-refractivity contribution in [2.24, 2.45) is 0 Å². The number of methoxy groups -OCH3 is 1. The van der Waals surface area contributed by atoms with Crippen molar-refractivity contribution in [3.8, 4) is 22.7 Å². The minimum Gasteiger partial charge on any atom is -0.497 e. The maximum atomic E-state index is 14.3. The van der Waals surface area contributed by atoms with Gasteiger partial charge in [-0.15, -0.1) is 0 Å². The summed E-state index contributed by atoms with van der Waals surface area (Å²) in [5.74, 6) is 0.470. The number of H-pyrrole nitrogens is 1. The molecule has 0 bridgehead atoms. The summed E-state index contributed by atoms with van der Waals surface area (Å²) in [7, 11) is 1.64. The first kappa shape index (κ1) is 18.9. The van der Waals surface area contributed by atoms with E-state index in [-0.39, 0.29) is 5.82 Å². The molecule has 0 aliphatic rings. The van der Waals surface area contributed by atoms with Gasteiger partial charge in [0, 0.05) is 30.1 Å². The lowest BCUT2D eigenvalue weighted by atomic mass is 10.1. The molecule has 0 saturated carbocycles. The molecule has 0 fully saturated rings. The quantitative estimate of drug-likeness (QED) is 0.449. The van der Waals surface area contributed by atoms with E-state index in [1.807, 2.05) is 42.9 Å². The predicted molar refractivity (Wildman–Crippen MR) is 110 cm³/mol. The lowest BCUT2D eigenvalue weighted by Crippen LogP contribution is -2.16. The Morgan fingerprint density at radius 3 is 2.69 bits per heavy atom. The molecule has 0 radical (unpaired) electrons. The molecule has 2 aromatic carbocycles. The van der Waals surface area contributed by atoms with Crippen LogP contribution in [-0.2, 0) is 13.0 Å². The standard InChI is InChI=1S/C22H22FN5O/c1-29-19-8-6-17(7-9-19)22-18(14-24-11-10-16-12-25-26-13-16)15-28(27-22)21-5-3-2-4-20(21)23/h2-9,12-13,15,24H,10-11,14H2,1H3,(H,25,26). The Bertz CT molecular complexity index is 1060. The number of hydrogen-bond donors (Lipinski definition) is 2. The van der Waals surface area contributed by atoms with Gasteiger partial charge >= 0.3 is 0 Å². The van der Waals surface area contributed by atoms with E-state index < -0.39 is 0 Å². The zero-order valence-corrected chi connectivity index (χ0v) is 16.1. The van der Waals surface area contributed by atoms with Gasteiger partial charge in [-0.1, -0.05) is 12.1 Å². The third kappa shape index (κ3) is 4.35. The number of aromatic amines is 1. The molecule has 0 aliphatic carbocycles. The van der Waals surface area contributed by atoms with Gasteiger partial charge in [-0.2, -0.15) is 10.2 Å². The van der Waals surface area contributed by atoms with Crippen LogP contribution in [0.15, 0.2) is 67.1 Å². The lowest BCUT2D eigenvalue weighted by molar-refractivity contribution is 0.415. The Morgan fingerprint density at radius 1 is 1.14 bits per heavy atom. The van der Waals surface area contributed by atoms with Crippen LogP contribution in [0.5, 0.6) is 5.75 Å². The number of nitrogens with one attached hydrogen (secondary N) is 2. The van der Waals surface area contributed by atoms with Crippen LogP contribution >= 0.6 is 0 Å². The normalized spacial score (nSPS) is 11.0. The molecule has 0 unspecified atom stereocenters. The number of hydrogen-bond acceptors (Lipinski definition) is 4. The largest absolute Gasteiger partial charge is 0.497 e. The highest BCUT2D eigenvalue weighted by Crippen LogP contribution is 2.26. The molecule has 4 aromatic rings. The smallest absolute Gasteiger partial charge is 0.148 e. The van der Waals surface area contributed by atoms with Gasteiger partial charge in [0.2, 0.25) is 0 Å². The van der Waals surface area contributed by atoms with Gasteiger partial charge in [0.05, 0.1) is 19.0 Å². The summed E-state index contributed by atoms with van der Waals surface area (Å²) in [6.07, 6.45) is 6.46. The van der Waals surface area contributed by atoms with Crippen LogP contribution < -0.4 is 10.1 Å². The zero-order valence-electron chi connectivity index (χ0n) is 16.1. The highest BCUT2D eigenvalue weighted by Gasteiger charge is 2.14. The number of benzene rings is 2. The minimum atomic E-state index is -0.309. The molecule has 148 valence electrons. The second-order valence-electron chi connectivity index (χ2n) is 6.66. The van der Waals surface area contributed by atoms with Gasteiger partial charge < -0.3 is 10.1 Å². The monoisotopic (exact) mass is 391 g/mol. The Balaban J connectivity index is 1.59. The van der Waals surface area contributed by atoms with Crippen molar-refractivity contribution in [1.29, 1.82) is 0 Å². The van der Waals surface area contributed by atoms with Gasteiger partial charge in [0.25, 0.3) is 0 Å². The zero-order chi connectivity index (χ0) is 20.1. The van der Waals surface area contributed by atoms with Crippen molar-refractivity contribution in [1.82, 2.24) is 25.3 Å². The van der Waals surface area contributed by atoms with Crippen molar-refractivity contribution >= 4 is 0 Å². The van der Waals surface area contributed by atoms with Crippen molar-refractivity contribution in [3.05, 3.63) is 84.1 Å². The topological polar surface area (TPSA) is 67.8 Å². The maximum Gasteiger partial charge on any atom is 0.148 e. The molecule has 0 aliphatic heterocycles. The number of rotatable bonds is 8. The molecule has 2 heterocycles. The van der Waals surface area contributed by atoms with Gasteiger partial charge in [-0.05, 0) is 54.9 Å². The van der Waals surface area contributed by atoms with Crippen LogP contribution in [0.4, 0.5) is 4.39 Å². The minimum absolute atomic E-state index is 0.309. The summed E-state index contributed by atoms with van der Waals surface area (Å²) in [6.45, 7) is 1.42. The van der Waals surface area contributed by atoms with Crippen molar-refractivity contribution in [3.63, 3.8) is 0 Å². The maximum absolute atomic E-state index is 14.3. The van der Waals surface area contributed by atoms with Crippen LogP contribution in [0.3, 0.4) is 0 Å². The van der Waals surface area contributed by atoms with E-state index >= 15 is 0 Å². The van der Waals surface area contributed by atoms with Crippen LogP contribution in [0.25, 0.3) is 16.9 Å². The summed E-state index contributed by atoms with van der Waals surface area (Å²) in [6, 6.07) is 14.3. The summed E-state index contributed by atoms with van der Waals surface area (Å²) < 4.78 is 21.1. The molecule has 0 amide bonds. The number of para-hydroxylation sites is 1. The fourth-order valence-corrected chi connectivity index (χ4v) is 3.16. The van der Waals surface area contributed by atoms with E-state index in [1.54, 1.807) is 30.0 Å². The first-order valence-electron chi connectivity index (χ1n) is 9.41.